The van der Waals surface area contributed by atoms with E-state index < -0.39 is 0 Å². The van der Waals surface area contributed by atoms with Gasteiger partial charge in [0.2, 0.25) is 5.91 Å². The average Bonchev–Trinajstić information content (AvgIpc) is 2.92. The van der Waals surface area contributed by atoms with Gasteiger partial charge in [0, 0.05) is 35.5 Å². The zero-order valence-corrected chi connectivity index (χ0v) is 11.2. The SMILES string of the molecule is COc1cc(NC(=O)C2CSCN2)cc(OC)c1. The minimum atomic E-state index is -0.132. The molecule has 1 amide bonds. The highest BCUT2D eigenvalue weighted by molar-refractivity contribution is 7.99. The fourth-order valence-electron chi connectivity index (χ4n) is 1.67. The van der Waals surface area contributed by atoms with E-state index >= 15 is 0 Å². The number of ether oxygens (including phenoxy) is 2. The molecule has 0 radical (unpaired) electrons. The van der Waals surface area contributed by atoms with E-state index in [2.05, 4.69) is 10.6 Å². The van der Waals surface area contributed by atoms with Gasteiger partial charge in [0.05, 0.1) is 20.3 Å². The molecule has 6 heteroatoms. The molecule has 1 fully saturated rings. The van der Waals surface area contributed by atoms with Crippen LogP contribution in [0.5, 0.6) is 11.5 Å². The second kappa shape index (κ2) is 5.97. The first-order chi connectivity index (χ1) is 8.72. The minimum Gasteiger partial charge on any atom is -0.497 e. The van der Waals surface area contributed by atoms with Gasteiger partial charge in [-0.3, -0.25) is 10.1 Å². The maximum Gasteiger partial charge on any atom is 0.242 e. The molecule has 0 bridgehead atoms. The first-order valence-electron chi connectivity index (χ1n) is 5.58. The Balaban J connectivity index is 2.09. The summed E-state index contributed by atoms with van der Waals surface area (Å²) in [5, 5.41) is 5.98. The van der Waals surface area contributed by atoms with Crippen molar-refractivity contribution in [3.05, 3.63) is 18.2 Å². The molecular weight excluding hydrogens is 252 g/mol. The lowest BCUT2D eigenvalue weighted by Crippen LogP contribution is -2.37. The number of hydrogen-bond acceptors (Lipinski definition) is 5. The van der Waals surface area contributed by atoms with Gasteiger partial charge in [-0.15, -0.1) is 11.8 Å². The molecule has 0 saturated carbocycles. The van der Waals surface area contributed by atoms with Crippen LogP contribution >= 0.6 is 11.8 Å². The molecule has 1 aliphatic heterocycles. The van der Waals surface area contributed by atoms with Crippen LogP contribution in [0.15, 0.2) is 18.2 Å². The van der Waals surface area contributed by atoms with E-state index in [4.69, 9.17) is 9.47 Å². The van der Waals surface area contributed by atoms with Crippen molar-refractivity contribution >= 4 is 23.4 Å². The normalized spacial score (nSPS) is 18.4. The van der Waals surface area contributed by atoms with E-state index in [1.54, 1.807) is 44.2 Å². The lowest BCUT2D eigenvalue weighted by atomic mass is 10.2. The van der Waals surface area contributed by atoms with Crippen molar-refractivity contribution < 1.29 is 14.3 Å². The molecule has 0 aliphatic carbocycles. The third kappa shape index (κ3) is 3.08. The van der Waals surface area contributed by atoms with E-state index in [0.29, 0.717) is 17.2 Å². The third-order valence-corrected chi connectivity index (χ3v) is 3.59. The Morgan fingerprint density at radius 1 is 1.33 bits per heavy atom. The summed E-state index contributed by atoms with van der Waals surface area (Å²) in [7, 11) is 3.16. The maximum atomic E-state index is 11.9. The van der Waals surface area contributed by atoms with Gasteiger partial charge in [0.15, 0.2) is 0 Å². The van der Waals surface area contributed by atoms with Gasteiger partial charge in [-0.05, 0) is 0 Å². The molecule has 1 unspecified atom stereocenters. The van der Waals surface area contributed by atoms with Gasteiger partial charge in [0.25, 0.3) is 0 Å². The lowest BCUT2D eigenvalue weighted by molar-refractivity contribution is -0.117. The molecule has 0 spiro atoms. The Hall–Kier alpha value is -1.40. The Kier molecular flexibility index (Phi) is 4.33. The van der Waals surface area contributed by atoms with Crippen molar-refractivity contribution in [2.75, 3.05) is 31.2 Å². The third-order valence-electron chi connectivity index (χ3n) is 2.65. The van der Waals surface area contributed by atoms with Crippen LogP contribution in [0.3, 0.4) is 0 Å². The Morgan fingerprint density at radius 3 is 2.50 bits per heavy atom. The molecule has 0 aromatic heterocycles. The summed E-state index contributed by atoms with van der Waals surface area (Å²) < 4.78 is 10.3. The van der Waals surface area contributed by atoms with Gasteiger partial charge in [-0.2, -0.15) is 0 Å². The second-order valence-corrected chi connectivity index (χ2v) is 4.89. The van der Waals surface area contributed by atoms with E-state index in [1.807, 2.05) is 0 Å². The summed E-state index contributed by atoms with van der Waals surface area (Å²) in [6.45, 7) is 0. The van der Waals surface area contributed by atoms with E-state index in [0.717, 1.165) is 11.6 Å². The first kappa shape index (κ1) is 13.0. The standard InChI is InChI=1S/C12H16N2O3S/c1-16-9-3-8(4-10(5-9)17-2)14-12(15)11-6-18-7-13-11/h3-5,11,13H,6-7H2,1-2H3,(H,14,15). The van der Waals surface area contributed by atoms with Crippen LogP contribution in [0.1, 0.15) is 0 Å². The van der Waals surface area contributed by atoms with E-state index in [1.165, 1.54) is 0 Å². The molecule has 1 aromatic carbocycles. The monoisotopic (exact) mass is 268 g/mol. The van der Waals surface area contributed by atoms with Crippen LogP contribution < -0.4 is 20.1 Å². The summed E-state index contributed by atoms with van der Waals surface area (Å²) >= 11 is 1.72. The number of carbonyl (C=O) groups excluding carboxylic acids is 1. The summed E-state index contributed by atoms with van der Waals surface area (Å²) in [5.74, 6) is 2.89. The van der Waals surface area contributed by atoms with Crippen LogP contribution in [-0.2, 0) is 4.79 Å². The maximum absolute atomic E-state index is 11.9. The number of anilines is 1. The highest BCUT2D eigenvalue weighted by atomic mass is 32.2. The quantitative estimate of drug-likeness (QED) is 0.862. The van der Waals surface area contributed by atoms with Crippen LogP contribution in [0.4, 0.5) is 5.69 Å². The zero-order chi connectivity index (χ0) is 13.0. The van der Waals surface area contributed by atoms with Gasteiger partial charge in [0.1, 0.15) is 11.5 Å². The summed E-state index contributed by atoms with van der Waals surface area (Å²) in [5.41, 5.74) is 0.676. The molecule has 1 heterocycles. The number of nitrogens with one attached hydrogen (secondary N) is 2. The fraction of sp³-hybridized carbons (Fsp3) is 0.417. The molecule has 18 heavy (non-hydrogen) atoms. The van der Waals surface area contributed by atoms with Crippen molar-refractivity contribution in [3.8, 4) is 11.5 Å². The van der Waals surface area contributed by atoms with E-state index in [-0.39, 0.29) is 11.9 Å². The smallest absolute Gasteiger partial charge is 0.242 e. The number of rotatable bonds is 4. The zero-order valence-electron chi connectivity index (χ0n) is 10.4. The van der Waals surface area contributed by atoms with E-state index in [9.17, 15) is 4.79 Å². The number of carbonyl (C=O) groups is 1. The lowest BCUT2D eigenvalue weighted by Gasteiger charge is -2.12. The van der Waals surface area contributed by atoms with Gasteiger partial charge < -0.3 is 14.8 Å². The highest BCUT2D eigenvalue weighted by Crippen LogP contribution is 2.26. The summed E-state index contributed by atoms with van der Waals surface area (Å²) in [4.78, 5) is 11.9. The van der Waals surface area contributed by atoms with Crippen LogP contribution in [-0.4, -0.2) is 37.8 Å². The number of thioether (sulfide) groups is 1. The number of methoxy groups -OCH3 is 2. The van der Waals surface area contributed by atoms with Crippen molar-refractivity contribution in [1.82, 2.24) is 5.32 Å². The molecule has 5 nitrogen and oxygen atoms in total. The molecule has 2 rings (SSSR count). The molecule has 1 aromatic rings. The number of benzene rings is 1. The summed E-state index contributed by atoms with van der Waals surface area (Å²) in [6.07, 6.45) is 0. The predicted octanol–water partition coefficient (Wildman–Crippen LogP) is 1.30. The second-order valence-electron chi connectivity index (χ2n) is 3.86. The Bertz CT molecular complexity index is 411. The predicted molar refractivity (Wildman–Crippen MR) is 72.4 cm³/mol. The highest BCUT2D eigenvalue weighted by Gasteiger charge is 2.22. The van der Waals surface area contributed by atoms with Crippen LogP contribution in [0.25, 0.3) is 0 Å². The Morgan fingerprint density at radius 2 is 2.00 bits per heavy atom. The number of hydrogen-bond donors (Lipinski definition) is 2. The largest absolute Gasteiger partial charge is 0.497 e. The fourth-order valence-corrected chi connectivity index (χ4v) is 2.61. The van der Waals surface area contributed by atoms with Gasteiger partial charge in [-0.1, -0.05) is 0 Å². The van der Waals surface area contributed by atoms with Crippen molar-refractivity contribution in [3.63, 3.8) is 0 Å². The first-order valence-corrected chi connectivity index (χ1v) is 6.73. The minimum absolute atomic E-state index is 0.0321. The number of amides is 1. The van der Waals surface area contributed by atoms with Crippen molar-refractivity contribution in [2.45, 2.75) is 6.04 Å². The average molecular weight is 268 g/mol. The molecular formula is C12H16N2O3S. The summed E-state index contributed by atoms with van der Waals surface area (Å²) in [6, 6.07) is 5.16. The van der Waals surface area contributed by atoms with Crippen molar-refractivity contribution in [1.29, 1.82) is 0 Å². The molecule has 98 valence electrons. The Labute approximate surface area is 110 Å². The van der Waals surface area contributed by atoms with Gasteiger partial charge in [-0.25, -0.2) is 0 Å². The van der Waals surface area contributed by atoms with Crippen LogP contribution in [0, 0.1) is 0 Å². The molecule has 1 saturated heterocycles. The van der Waals surface area contributed by atoms with Crippen molar-refractivity contribution in [2.24, 2.45) is 0 Å². The topological polar surface area (TPSA) is 59.6 Å². The molecule has 2 N–H and O–H groups in total. The van der Waals surface area contributed by atoms with Crippen LogP contribution in [0.2, 0.25) is 0 Å². The van der Waals surface area contributed by atoms with Gasteiger partial charge >= 0.3 is 0 Å². The molecule has 1 atom stereocenters. The molecule has 1 aliphatic rings.